The zero-order chi connectivity index (χ0) is 9.60. The summed E-state index contributed by atoms with van der Waals surface area (Å²) in [6.07, 6.45) is 5.30. The fourth-order valence-electron chi connectivity index (χ4n) is 3.56. The maximum atomic E-state index is 9.99. The molecular formula is C11H18O3. The highest BCUT2D eigenvalue weighted by molar-refractivity contribution is 4.99. The van der Waals surface area contributed by atoms with Crippen molar-refractivity contribution >= 4 is 0 Å². The summed E-state index contributed by atoms with van der Waals surface area (Å²) >= 11 is 0. The van der Waals surface area contributed by atoms with Crippen molar-refractivity contribution in [1.82, 2.24) is 0 Å². The Kier molecular flexibility index (Phi) is 2.08. The van der Waals surface area contributed by atoms with Crippen LogP contribution in [-0.4, -0.2) is 30.2 Å². The number of ether oxygens (including phenoxy) is 2. The summed E-state index contributed by atoms with van der Waals surface area (Å²) in [5.74, 6) is 0.375. The van der Waals surface area contributed by atoms with Crippen LogP contribution >= 0.6 is 0 Å². The van der Waals surface area contributed by atoms with Gasteiger partial charge < -0.3 is 14.6 Å². The van der Waals surface area contributed by atoms with Crippen molar-refractivity contribution in [2.24, 2.45) is 11.8 Å². The van der Waals surface area contributed by atoms with Crippen LogP contribution < -0.4 is 0 Å². The molecule has 3 nitrogen and oxygen atoms in total. The van der Waals surface area contributed by atoms with Gasteiger partial charge in [0.2, 0.25) is 0 Å². The molecule has 0 aromatic heterocycles. The molecule has 1 heterocycles. The summed E-state index contributed by atoms with van der Waals surface area (Å²) in [7, 11) is 0. The average molecular weight is 198 g/mol. The third-order valence-electron chi connectivity index (χ3n) is 4.17. The molecule has 2 aliphatic carbocycles. The molecule has 0 radical (unpaired) electrons. The minimum Gasteiger partial charge on any atom is -0.393 e. The molecule has 1 saturated heterocycles. The summed E-state index contributed by atoms with van der Waals surface area (Å²) in [5, 5.41) is 9.99. The topological polar surface area (TPSA) is 38.7 Å². The highest BCUT2D eigenvalue weighted by Gasteiger charge is 2.56. The highest BCUT2D eigenvalue weighted by Crippen LogP contribution is 2.51. The Labute approximate surface area is 84.4 Å². The first-order valence-corrected chi connectivity index (χ1v) is 5.79. The van der Waals surface area contributed by atoms with Crippen LogP contribution in [0.2, 0.25) is 0 Å². The zero-order valence-electron chi connectivity index (χ0n) is 8.45. The monoisotopic (exact) mass is 198 g/mol. The summed E-state index contributed by atoms with van der Waals surface area (Å²) in [6.45, 7) is 1.42. The van der Waals surface area contributed by atoms with E-state index < -0.39 is 5.79 Å². The summed E-state index contributed by atoms with van der Waals surface area (Å²) < 4.78 is 11.7. The molecule has 80 valence electrons. The number of hydrogen-bond donors (Lipinski definition) is 1. The van der Waals surface area contributed by atoms with Gasteiger partial charge in [-0.05, 0) is 25.7 Å². The molecule has 0 amide bonds. The van der Waals surface area contributed by atoms with Gasteiger partial charge in [0.15, 0.2) is 5.79 Å². The number of hydrogen-bond acceptors (Lipinski definition) is 3. The van der Waals surface area contributed by atoms with Gasteiger partial charge in [0, 0.05) is 11.8 Å². The Bertz CT molecular complexity index is 223. The van der Waals surface area contributed by atoms with Crippen molar-refractivity contribution < 1.29 is 14.6 Å². The van der Waals surface area contributed by atoms with Gasteiger partial charge in [0.1, 0.15) is 0 Å². The Hall–Kier alpha value is -0.120. The van der Waals surface area contributed by atoms with Gasteiger partial charge in [0.05, 0.1) is 19.3 Å². The minimum atomic E-state index is -0.393. The van der Waals surface area contributed by atoms with E-state index in [0.29, 0.717) is 19.1 Å². The molecule has 14 heavy (non-hydrogen) atoms. The smallest absolute Gasteiger partial charge is 0.176 e. The third-order valence-corrected chi connectivity index (χ3v) is 4.17. The first-order valence-electron chi connectivity index (χ1n) is 5.79. The van der Waals surface area contributed by atoms with Crippen LogP contribution in [0.1, 0.15) is 32.1 Å². The Balaban J connectivity index is 1.92. The van der Waals surface area contributed by atoms with Gasteiger partial charge in [-0.3, -0.25) is 0 Å². The largest absolute Gasteiger partial charge is 0.393 e. The molecule has 3 heteroatoms. The van der Waals surface area contributed by atoms with Crippen LogP contribution in [0.15, 0.2) is 0 Å². The molecule has 1 spiro atoms. The van der Waals surface area contributed by atoms with Crippen LogP contribution in [0.25, 0.3) is 0 Å². The SMILES string of the molecule is O[C@@H]1CC[C@@H]2CCC[C@H]1C21OCCO1. The van der Waals surface area contributed by atoms with E-state index in [0.717, 1.165) is 19.3 Å². The molecule has 2 bridgehead atoms. The highest BCUT2D eigenvalue weighted by atomic mass is 16.7. The van der Waals surface area contributed by atoms with Gasteiger partial charge in [-0.1, -0.05) is 6.42 Å². The normalized spacial score (nSPS) is 45.6. The first-order chi connectivity index (χ1) is 6.83. The van der Waals surface area contributed by atoms with Crippen LogP contribution in [0.3, 0.4) is 0 Å². The number of aliphatic hydroxyl groups excluding tert-OH is 1. The lowest BCUT2D eigenvalue weighted by Gasteiger charge is -2.50. The quantitative estimate of drug-likeness (QED) is 0.637. The van der Waals surface area contributed by atoms with Crippen LogP contribution in [0.5, 0.6) is 0 Å². The zero-order valence-corrected chi connectivity index (χ0v) is 8.45. The van der Waals surface area contributed by atoms with E-state index in [-0.39, 0.29) is 12.0 Å². The van der Waals surface area contributed by atoms with Crippen molar-refractivity contribution in [3.8, 4) is 0 Å². The molecule has 1 aliphatic heterocycles. The molecule has 3 atom stereocenters. The van der Waals surface area contributed by atoms with Gasteiger partial charge in [-0.15, -0.1) is 0 Å². The van der Waals surface area contributed by atoms with Crippen molar-refractivity contribution in [2.75, 3.05) is 13.2 Å². The second kappa shape index (κ2) is 3.19. The summed E-state index contributed by atoms with van der Waals surface area (Å²) in [5.41, 5.74) is 0. The van der Waals surface area contributed by atoms with Gasteiger partial charge in [-0.2, -0.15) is 0 Å². The van der Waals surface area contributed by atoms with E-state index in [1.807, 2.05) is 0 Å². The molecule has 2 saturated carbocycles. The van der Waals surface area contributed by atoms with Crippen molar-refractivity contribution in [1.29, 1.82) is 0 Å². The molecule has 3 aliphatic rings. The maximum Gasteiger partial charge on any atom is 0.176 e. The van der Waals surface area contributed by atoms with Gasteiger partial charge in [0.25, 0.3) is 0 Å². The van der Waals surface area contributed by atoms with E-state index in [9.17, 15) is 5.11 Å². The fraction of sp³-hybridized carbons (Fsp3) is 1.00. The molecule has 0 unspecified atom stereocenters. The number of rotatable bonds is 0. The molecular weight excluding hydrogens is 180 g/mol. The van der Waals surface area contributed by atoms with E-state index in [1.165, 1.54) is 12.8 Å². The molecule has 1 N–H and O–H groups in total. The van der Waals surface area contributed by atoms with Crippen molar-refractivity contribution in [3.05, 3.63) is 0 Å². The lowest BCUT2D eigenvalue weighted by atomic mass is 9.66. The van der Waals surface area contributed by atoms with Crippen molar-refractivity contribution in [2.45, 2.75) is 44.0 Å². The Morgan fingerprint density at radius 2 is 1.79 bits per heavy atom. The Morgan fingerprint density at radius 3 is 2.57 bits per heavy atom. The summed E-state index contributed by atoms with van der Waals surface area (Å²) in [4.78, 5) is 0. The average Bonchev–Trinajstić information content (AvgIpc) is 2.62. The molecule has 0 aromatic rings. The van der Waals surface area contributed by atoms with Crippen LogP contribution in [0.4, 0.5) is 0 Å². The van der Waals surface area contributed by atoms with E-state index in [1.54, 1.807) is 0 Å². The molecule has 3 rings (SSSR count). The molecule has 3 fully saturated rings. The number of aliphatic hydroxyl groups is 1. The molecule has 0 aromatic carbocycles. The van der Waals surface area contributed by atoms with Crippen LogP contribution in [0, 0.1) is 11.8 Å². The lowest BCUT2D eigenvalue weighted by Crippen LogP contribution is -2.56. The van der Waals surface area contributed by atoms with E-state index in [2.05, 4.69) is 0 Å². The minimum absolute atomic E-state index is 0.204. The van der Waals surface area contributed by atoms with Crippen LogP contribution in [-0.2, 0) is 9.47 Å². The summed E-state index contributed by atoms with van der Waals surface area (Å²) in [6, 6.07) is 0. The Morgan fingerprint density at radius 1 is 1.00 bits per heavy atom. The van der Waals surface area contributed by atoms with Gasteiger partial charge >= 0.3 is 0 Å². The van der Waals surface area contributed by atoms with E-state index >= 15 is 0 Å². The lowest BCUT2D eigenvalue weighted by molar-refractivity contribution is -0.280. The fourth-order valence-corrected chi connectivity index (χ4v) is 3.56. The second-order valence-electron chi connectivity index (χ2n) is 4.80. The second-order valence-corrected chi connectivity index (χ2v) is 4.80. The predicted octanol–water partition coefficient (Wildman–Crippen LogP) is 1.30. The maximum absolute atomic E-state index is 9.99. The third kappa shape index (κ3) is 1.09. The first kappa shape index (κ1) is 9.13. The predicted molar refractivity (Wildman–Crippen MR) is 50.7 cm³/mol. The van der Waals surface area contributed by atoms with Crippen molar-refractivity contribution in [3.63, 3.8) is 0 Å². The van der Waals surface area contributed by atoms with E-state index in [4.69, 9.17) is 9.47 Å². The standard InChI is InChI=1S/C11H18O3/c12-10-5-4-8-2-1-3-9(10)11(8)13-6-7-14-11/h8-10,12H,1-7H2/t8-,9+,10+/m0/s1. The van der Waals surface area contributed by atoms with Gasteiger partial charge in [-0.25, -0.2) is 0 Å².